The van der Waals surface area contributed by atoms with E-state index in [1.165, 1.54) is 37.7 Å². The standard InChI is InChI=1S/C21H26ClNO2/c1-24-21-13-16(14-23-19-8-3-2-4-9-19)10-11-20(21)25-15-17-6-5-7-18(22)12-17/h5-7,10-13,19,23H,2-4,8-9,14-15H2,1H3. The van der Waals surface area contributed by atoms with Crippen LogP contribution in [0.5, 0.6) is 11.5 Å². The van der Waals surface area contributed by atoms with Gasteiger partial charge >= 0.3 is 0 Å². The highest BCUT2D eigenvalue weighted by atomic mass is 35.5. The second-order valence-corrected chi connectivity index (χ2v) is 7.06. The largest absolute Gasteiger partial charge is 0.493 e. The zero-order chi connectivity index (χ0) is 17.5. The van der Waals surface area contributed by atoms with E-state index in [-0.39, 0.29) is 0 Å². The van der Waals surface area contributed by atoms with Gasteiger partial charge in [0, 0.05) is 17.6 Å². The molecule has 0 amide bonds. The summed E-state index contributed by atoms with van der Waals surface area (Å²) < 4.78 is 11.4. The van der Waals surface area contributed by atoms with Crippen molar-refractivity contribution in [1.29, 1.82) is 0 Å². The van der Waals surface area contributed by atoms with Crippen LogP contribution < -0.4 is 14.8 Å². The molecule has 4 heteroatoms. The molecular weight excluding hydrogens is 334 g/mol. The monoisotopic (exact) mass is 359 g/mol. The Labute approximate surface area is 155 Å². The van der Waals surface area contributed by atoms with Crippen LogP contribution in [0.3, 0.4) is 0 Å². The molecule has 3 rings (SSSR count). The third-order valence-corrected chi connectivity index (χ3v) is 4.95. The van der Waals surface area contributed by atoms with Gasteiger partial charge in [-0.2, -0.15) is 0 Å². The number of benzene rings is 2. The van der Waals surface area contributed by atoms with Crippen LogP contribution in [-0.2, 0) is 13.2 Å². The Morgan fingerprint density at radius 2 is 1.84 bits per heavy atom. The predicted octanol–water partition coefficient (Wildman–Crippen LogP) is 5.35. The molecule has 2 aromatic rings. The molecule has 0 saturated heterocycles. The van der Waals surface area contributed by atoms with E-state index in [4.69, 9.17) is 21.1 Å². The Kier molecular flexibility index (Phi) is 6.60. The lowest BCUT2D eigenvalue weighted by molar-refractivity contribution is 0.284. The average Bonchev–Trinajstić information content (AvgIpc) is 2.66. The summed E-state index contributed by atoms with van der Waals surface area (Å²) in [5.74, 6) is 1.52. The molecule has 0 aliphatic heterocycles. The highest BCUT2D eigenvalue weighted by Gasteiger charge is 2.13. The number of rotatable bonds is 7. The maximum atomic E-state index is 6.02. The van der Waals surface area contributed by atoms with Gasteiger partial charge in [-0.25, -0.2) is 0 Å². The fourth-order valence-corrected chi connectivity index (χ4v) is 3.51. The van der Waals surface area contributed by atoms with Crippen LogP contribution in [0.2, 0.25) is 5.02 Å². The molecule has 1 fully saturated rings. The van der Waals surface area contributed by atoms with Crippen molar-refractivity contribution >= 4 is 11.6 Å². The fourth-order valence-electron chi connectivity index (χ4n) is 3.30. The van der Waals surface area contributed by atoms with Crippen molar-refractivity contribution in [1.82, 2.24) is 5.32 Å². The number of halogens is 1. The second kappa shape index (κ2) is 9.12. The zero-order valence-corrected chi connectivity index (χ0v) is 15.5. The smallest absolute Gasteiger partial charge is 0.161 e. The molecule has 2 aromatic carbocycles. The number of methoxy groups -OCH3 is 1. The van der Waals surface area contributed by atoms with E-state index in [2.05, 4.69) is 17.4 Å². The van der Waals surface area contributed by atoms with E-state index in [1.54, 1.807) is 7.11 Å². The van der Waals surface area contributed by atoms with Crippen molar-refractivity contribution in [3.63, 3.8) is 0 Å². The lowest BCUT2D eigenvalue weighted by Crippen LogP contribution is -2.30. The molecule has 0 spiro atoms. The van der Waals surface area contributed by atoms with Crippen molar-refractivity contribution < 1.29 is 9.47 Å². The molecule has 1 saturated carbocycles. The summed E-state index contributed by atoms with van der Waals surface area (Å²) in [7, 11) is 1.68. The Balaban J connectivity index is 1.58. The third kappa shape index (κ3) is 5.38. The van der Waals surface area contributed by atoms with Gasteiger partial charge in [0.15, 0.2) is 11.5 Å². The van der Waals surface area contributed by atoms with Gasteiger partial charge in [0.1, 0.15) is 6.61 Å². The molecule has 1 aliphatic carbocycles. The molecule has 1 N–H and O–H groups in total. The van der Waals surface area contributed by atoms with E-state index in [9.17, 15) is 0 Å². The van der Waals surface area contributed by atoms with Crippen LogP contribution in [0, 0.1) is 0 Å². The van der Waals surface area contributed by atoms with Crippen LogP contribution in [0.15, 0.2) is 42.5 Å². The van der Waals surface area contributed by atoms with Crippen LogP contribution >= 0.6 is 11.6 Å². The first-order chi connectivity index (χ1) is 12.2. The molecule has 3 nitrogen and oxygen atoms in total. The van der Waals surface area contributed by atoms with Crippen molar-refractivity contribution in [2.75, 3.05) is 7.11 Å². The molecule has 0 bridgehead atoms. The van der Waals surface area contributed by atoms with Gasteiger partial charge in [-0.3, -0.25) is 0 Å². The molecule has 25 heavy (non-hydrogen) atoms. The maximum absolute atomic E-state index is 6.02. The first-order valence-corrected chi connectivity index (χ1v) is 9.40. The fraction of sp³-hybridized carbons (Fsp3) is 0.429. The van der Waals surface area contributed by atoms with E-state index >= 15 is 0 Å². The summed E-state index contributed by atoms with van der Waals surface area (Å²) >= 11 is 6.02. The Hall–Kier alpha value is -1.71. The Morgan fingerprint density at radius 1 is 1.00 bits per heavy atom. The van der Waals surface area contributed by atoms with Crippen molar-refractivity contribution in [2.45, 2.75) is 51.3 Å². The molecule has 0 unspecified atom stereocenters. The summed E-state index contributed by atoms with van der Waals surface area (Å²) in [6.45, 7) is 1.34. The summed E-state index contributed by atoms with van der Waals surface area (Å²) in [6.07, 6.45) is 6.65. The first kappa shape index (κ1) is 18.1. The van der Waals surface area contributed by atoms with Gasteiger partial charge < -0.3 is 14.8 Å². The second-order valence-electron chi connectivity index (χ2n) is 6.62. The number of hydrogen-bond donors (Lipinski definition) is 1. The molecule has 1 aliphatic rings. The summed E-state index contributed by atoms with van der Waals surface area (Å²) in [4.78, 5) is 0. The van der Waals surface area contributed by atoms with E-state index in [0.717, 1.165) is 28.6 Å². The van der Waals surface area contributed by atoms with E-state index in [0.29, 0.717) is 12.6 Å². The van der Waals surface area contributed by atoms with Crippen molar-refractivity contribution in [3.8, 4) is 11.5 Å². The molecule has 0 radical (unpaired) electrons. The van der Waals surface area contributed by atoms with Crippen LogP contribution in [0.25, 0.3) is 0 Å². The van der Waals surface area contributed by atoms with Crippen LogP contribution in [-0.4, -0.2) is 13.2 Å². The number of ether oxygens (including phenoxy) is 2. The minimum atomic E-state index is 0.469. The molecule has 0 heterocycles. The molecular formula is C21H26ClNO2. The summed E-state index contributed by atoms with van der Waals surface area (Å²) in [6, 6.07) is 14.5. The quantitative estimate of drug-likeness (QED) is 0.722. The molecule has 134 valence electrons. The summed E-state index contributed by atoms with van der Waals surface area (Å²) in [5.41, 5.74) is 2.26. The Bertz CT molecular complexity index is 683. The lowest BCUT2D eigenvalue weighted by atomic mass is 9.95. The highest BCUT2D eigenvalue weighted by Crippen LogP contribution is 2.29. The van der Waals surface area contributed by atoms with Gasteiger partial charge in [-0.05, 0) is 48.2 Å². The minimum absolute atomic E-state index is 0.469. The topological polar surface area (TPSA) is 30.5 Å². The lowest BCUT2D eigenvalue weighted by Gasteiger charge is -2.23. The predicted molar refractivity (Wildman–Crippen MR) is 102 cm³/mol. The van der Waals surface area contributed by atoms with Gasteiger partial charge in [0.2, 0.25) is 0 Å². The van der Waals surface area contributed by atoms with Crippen molar-refractivity contribution in [3.05, 3.63) is 58.6 Å². The van der Waals surface area contributed by atoms with Crippen LogP contribution in [0.4, 0.5) is 0 Å². The molecule has 0 atom stereocenters. The molecule has 0 aromatic heterocycles. The maximum Gasteiger partial charge on any atom is 0.161 e. The summed E-state index contributed by atoms with van der Waals surface area (Å²) in [5, 5.41) is 4.38. The Morgan fingerprint density at radius 3 is 2.60 bits per heavy atom. The van der Waals surface area contributed by atoms with E-state index < -0.39 is 0 Å². The van der Waals surface area contributed by atoms with Gasteiger partial charge in [0.25, 0.3) is 0 Å². The van der Waals surface area contributed by atoms with Gasteiger partial charge in [0.05, 0.1) is 7.11 Å². The van der Waals surface area contributed by atoms with Gasteiger partial charge in [-0.15, -0.1) is 0 Å². The van der Waals surface area contributed by atoms with E-state index in [1.807, 2.05) is 30.3 Å². The number of hydrogen-bond acceptors (Lipinski definition) is 3. The third-order valence-electron chi connectivity index (χ3n) is 4.71. The SMILES string of the molecule is COc1cc(CNC2CCCCC2)ccc1OCc1cccc(Cl)c1. The van der Waals surface area contributed by atoms with Crippen LogP contribution in [0.1, 0.15) is 43.2 Å². The zero-order valence-electron chi connectivity index (χ0n) is 14.8. The first-order valence-electron chi connectivity index (χ1n) is 9.02. The van der Waals surface area contributed by atoms with Crippen molar-refractivity contribution in [2.24, 2.45) is 0 Å². The minimum Gasteiger partial charge on any atom is -0.493 e. The highest BCUT2D eigenvalue weighted by molar-refractivity contribution is 6.30. The van der Waals surface area contributed by atoms with Gasteiger partial charge in [-0.1, -0.05) is 49.1 Å². The number of nitrogens with one attached hydrogen (secondary N) is 1. The normalized spacial score (nSPS) is 15.1. The average molecular weight is 360 g/mol.